The fourth-order valence-electron chi connectivity index (χ4n) is 6.36. The SMILES string of the molecule is CCOC(=O)N[C@@H]1CC[C@@H]2[C@@H](C1)C[C@H]1[C@H](CNS1(=O)=O)[C@H]2/C=C/c1ccc(-c2cccc(F)c2)cn1. The smallest absolute Gasteiger partial charge is 0.407 e. The molecule has 1 aromatic carbocycles. The number of rotatable bonds is 5. The van der Waals surface area contributed by atoms with Gasteiger partial charge in [-0.05, 0) is 86.1 Å². The Bertz CT molecular complexity index is 1230. The van der Waals surface area contributed by atoms with E-state index in [1.54, 1.807) is 19.2 Å². The van der Waals surface area contributed by atoms with Gasteiger partial charge in [-0.15, -0.1) is 0 Å². The number of benzene rings is 1. The summed E-state index contributed by atoms with van der Waals surface area (Å²) in [6.07, 6.45) is 8.59. The zero-order valence-electron chi connectivity index (χ0n) is 20.3. The largest absolute Gasteiger partial charge is 0.450 e. The lowest BCUT2D eigenvalue weighted by Gasteiger charge is -2.47. The van der Waals surface area contributed by atoms with Gasteiger partial charge in [0.2, 0.25) is 10.0 Å². The van der Waals surface area contributed by atoms with E-state index in [0.717, 1.165) is 36.1 Å². The van der Waals surface area contributed by atoms with Gasteiger partial charge in [-0.25, -0.2) is 22.3 Å². The number of hydrogen-bond donors (Lipinski definition) is 2. The van der Waals surface area contributed by atoms with Crippen LogP contribution in [0.4, 0.5) is 9.18 Å². The summed E-state index contributed by atoms with van der Waals surface area (Å²) in [7, 11) is -3.34. The molecule has 3 aliphatic rings. The number of carbonyl (C=O) groups is 1. The molecule has 192 valence electrons. The first-order chi connectivity index (χ1) is 17.3. The van der Waals surface area contributed by atoms with Crippen molar-refractivity contribution < 1.29 is 22.3 Å². The first kappa shape index (κ1) is 24.9. The van der Waals surface area contributed by atoms with Crippen LogP contribution in [0.15, 0.2) is 48.7 Å². The van der Waals surface area contributed by atoms with Crippen LogP contribution in [0.3, 0.4) is 0 Å². The molecular formula is C27H32FN3O4S. The van der Waals surface area contributed by atoms with E-state index in [1.165, 1.54) is 12.1 Å². The number of pyridine rings is 1. The number of aromatic nitrogens is 1. The van der Waals surface area contributed by atoms with Crippen molar-refractivity contribution in [2.45, 2.75) is 43.9 Å². The maximum atomic E-state index is 13.6. The normalized spacial score (nSPS) is 30.9. The summed E-state index contributed by atoms with van der Waals surface area (Å²) in [5, 5.41) is 2.53. The Labute approximate surface area is 211 Å². The molecule has 36 heavy (non-hydrogen) atoms. The standard InChI is InChI=1S/C27H32FN3O4S/c1-2-35-27(32)31-22-9-10-23-19(13-22)14-26-25(16-30-36(26,33)34)24(23)11-8-21-7-6-18(15-29-21)17-4-3-5-20(28)12-17/h3-8,11-12,15,19,22-26,30H,2,9-10,13-14,16H2,1H3,(H,31,32)/b11-8+/t19-,22+,23+,24-,25+,26-/m0/s1. The number of carbonyl (C=O) groups excluding carboxylic acids is 1. The van der Waals surface area contributed by atoms with Crippen LogP contribution < -0.4 is 10.0 Å². The molecule has 6 atom stereocenters. The summed E-state index contributed by atoms with van der Waals surface area (Å²) in [4.78, 5) is 16.5. The van der Waals surface area contributed by atoms with Gasteiger partial charge in [-0.3, -0.25) is 4.98 Å². The number of sulfonamides is 1. The van der Waals surface area contributed by atoms with Crippen LogP contribution in [0.2, 0.25) is 0 Å². The third-order valence-electron chi connectivity index (χ3n) is 7.99. The predicted molar refractivity (Wildman–Crippen MR) is 136 cm³/mol. The molecule has 2 N–H and O–H groups in total. The van der Waals surface area contributed by atoms with Crippen molar-refractivity contribution in [3.05, 3.63) is 60.2 Å². The Morgan fingerprint density at radius 3 is 2.81 bits per heavy atom. The van der Waals surface area contributed by atoms with E-state index >= 15 is 0 Å². The van der Waals surface area contributed by atoms with Gasteiger partial charge in [-0.1, -0.05) is 24.3 Å². The predicted octanol–water partition coefficient (Wildman–Crippen LogP) is 4.37. The van der Waals surface area contributed by atoms with Crippen LogP contribution in [0.1, 0.15) is 38.3 Å². The van der Waals surface area contributed by atoms with Gasteiger partial charge in [0.05, 0.1) is 17.6 Å². The fraction of sp³-hybridized carbons (Fsp3) is 0.481. The van der Waals surface area contributed by atoms with Crippen molar-refractivity contribution in [1.29, 1.82) is 0 Å². The van der Waals surface area contributed by atoms with Gasteiger partial charge in [0.1, 0.15) is 5.82 Å². The first-order valence-electron chi connectivity index (χ1n) is 12.7. The minimum Gasteiger partial charge on any atom is -0.450 e. The second-order valence-electron chi connectivity index (χ2n) is 10.0. The average Bonchev–Trinajstić information content (AvgIpc) is 3.16. The topological polar surface area (TPSA) is 97.4 Å². The summed E-state index contributed by atoms with van der Waals surface area (Å²) in [6, 6.07) is 10.2. The lowest BCUT2D eigenvalue weighted by molar-refractivity contribution is 0.0742. The zero-order valence-corrected chi connectivity index (χ0v) is 21.1. The monoisotopic (exact) mass is 513 g/mol. The Morgan fingerprint density at radius 2 is 2.06 bits per heavy atom. The summed E-state index contributed by atoms with van der Waals surface area (Å²) < 4.78 is 46.9. The number of fused-ring (bicyclic) bond motifs is 2. The number of amides is 1. The maximum absolute atomic E-state index is 13.6. The highest BCUT2D eigenvalue weighted by atomic mass is 32.2. The second kappa shape index (κ2) is 10.3. The summed E-state index contributed by atoms with van der Waals surface area (Å²) >= 11 is 0. The maximum Gasteiger partial charge on any atom is 0.407 e. The van der Waals surface area contributed by atoms with Crippen molar-refractivity contribution >= 4 is 22.2 Å². The second-order valence-corrected chi connectivity index (χ2v) is 12.0. The minimum atomic E-state index is -3.34. The third-order valence-corrected chi connectivity index (χ3v) is 9.90. The van der Waals surface area contributed by atoms with Crippen LogP contribution in [-0.4, -0.2) is 43.9 Å². The molecule has 5 rings (SSSR count). The van der Waals surface area contributed by atoms with E-state index in [9.17, 15) is 17.6 Å². The number of hydrogen-bond acceptors (Lipinski definition) is 5. The molecule has 1 saturated heterocycles. The highest BCUT2D eigenvalue weighted by Crippen LogP contribution is 2.50. The lowest BCUT2D eigenvalue weighted by atomic mass is 9.60. The first-order valence-corrected chi connectivity index (χ1v) is 14.2. The highest BCUT2D eigenvalue weighted by molar-refractivity contribution is 7.90. The number of allylic oxidation sites excluding steroid dienone is 1. The minimum absolute atomic E-state index is 0.000537. The molecule has 1 aliphatic heterocycles. The summed E-state index contributed by atoms with van der Waals surface area (Å²) in [6.45, 7) is 2.56. The van der Waals surface area contributed by atoms with Crippen molar-refractivity contribution in [2.24, 2.45) is 23.7 Å². The molecule has 0 bridgehead atoms. The summed E-state index contributed by atoms with van der Waals surface area (Å²) in [5.74, 6) is 0.398. The van der Waals surface area contributed by atoms with E-state index in [1.807, 2.05) is 24.3 Å². The third kappa shape index (κ3) is 5.18. The molecule has 1 aromatic heterocycles. The van der Waals surface area contributed by atoms with Crippen LogP contribution >= 0.6 is 0 Å². The van der Waals surface area contributed by atoms with Crippen molar-refractivity contribution in [2.75, 3.05) is 13.2 Å². The molecule has 0 spiro atoms. The molecule has 2 saturated carbocycles. The number of ether oxygens (including phenoxy) is 1. The Kier molecular flexibility index (Phi) is 7.12. The molecule has 2 aromatic rings. The fourth-order valence-corrected chi connectivity index (χ4v) is 8.23. The highest BCUT2D eigenvalue weighted by Gasteiger charge is 2.53. The molecular weight excluding hydrogens is 481 g/mol. The van der Waals surface area contributed by atoms with Gasteiger partial charge >= 0.3 is 6.09 Å². The van der Waals surface area contributed by atoms with Gasteiger partial charge in [0, 0.05) is 24.3 Å². The van der Waals surface area contributed by atoms with Crippen molar-refractivity contribution in [1.82, 2.24) is 15.0 Å². The molecule has 2 heterocycles. The Hall–Kier alpha value is -2.78. The Balaban J connectivity index is 1.34. The molecule has 0 unspecified atom stereocenters. The van der Waals surface area contributed by atoms with Crippen LogP contribution in [0, 0.1) is 29.5 Å². The average molecular weight is 514 g/mol. The van der Waals surface area contributed by atoms with E-state index in [2.05, 4.69) is 21.1 Å². The molecule has 9 heteroatoms. The van der Waals surface area contributed by atoms with Gasteiger partial charge < -0.3 is 10.1 Å². The molecule has 7 nitrogen and oxygen atoms in total. The molecule has 3 fully saturated rings. The van der Waals surface area contributed by atoms with Crippen LogP contribution in [-0.2, 0) is 14.8 Å². The van der Waals surface area contributed by atoms with Crippen molar-refractivity contribution in [3.8, 4) is 11.1 Å². The van der Waals surface area contributed by atoms with E-state index in [0.29, 0.717) is 25.5 Å². The summed E-state index contributed by atoms with van der Waals surface area (Å²) in [5.41, 5.74) is 2.38. The van der Waals surface area contributed by atoms with Crippen LogP contribution in [0.25, 0.3) is 17.2 Å². The number of alkyl carbamates (subject to hydrolysis) is 1. The van der Waals surface area contributed by atoms with E-state index in [-0.39, 0.29) is 29.6 Å². The molecule has 2 aliphatic carbocycles. The Morgan fingerprint density at radius 1 is 1.19 bits per heavy atom. The van der Waals surface area contributed by atoms with Crippen LogP contribution in [0.5, 0.6) is 0 Å². The van der Waals surface area contributed by atoms with E-state index in [4.69, 9.17) is 4.74 Å². The quantitative estimate of drug-likeness (QED) is 0.619. The van der Waals surface area contributed by atoms with Crippen molar-refractivity contribution in [3.63, 3.8) is 0 Å². The number of halogens is 1. The zero-order chi connectivity index (χ0) is 25.3. The van der Waals surface area contributed by atoms with Gasteiger partial charge in [-0.2, -0.15) is 0 Å². The van der Waals surface area contributed by atoms with Gasteiger partial charge in [0.25, 0.3) is 0 Å². The number of nitrogens with one attached hydrogen (secondary N) is 2. The van der Waals surface area contributed by atoms with Gasteiger partial charge in [0.15, 0.2) is 0 Å². The van der Waals surface area contributed by atoms with E-state index < -0.39 is 21.4 Å². The molecule has 1 amide bonds. The number of nitrogens with zero attached hydrogens (tertiary/aromatic N) is 1. The molecule has 0 radical (unpaired) electrons. The lowest BCUT2D eigenvalue weighted by Crippen LogP contribution is -2.49.